The minimum Gasteiger partial charge on any atom is -0.383 e. The molecule has 1 saturated carbocycles. The highest BCUT2D eigenvalue weighted by Crippen LogP contribution is 2.29. The van der Waals surface area contributed by atoms with E-state index < -0.39 is 0 Å². The Hall–Kier alpha value is -1.32. The van der Waals surface area contributed by atoms with E-state index in [-0.39, 0.29) is 0 Å². The van der Waals surface area contributed by atoms with E-state index in [4.69, 9.17) is 5.73 Å². The second-order valence-corrected chi connectivity index (χ2v) is 4.46. The van der Waals surface area contributed by atoms with Crippen LogP contribution in [-0.4, -0.2) is 23.1 Å². The van der Waals surface area contributed by atoms with Gasteiger partial charge < -0.3 is 10.6 Å². The van der Waals surface area contributed by atoms with Gasteiger partial charge in [0.25, 0.3) is 0 Å². The summed E-state index contributed by atoms with van der Waals surface area (Å²) in [6.45, 7) is 2.10. The van der Waals surface area contributed by atoms with Gasteiger partial charge in [-0.25, -0.2) is 9.97 Å². The number of hydrogen-bond donors (Lipinski definition) is 1. The number of anilines is 2. The van der Waals surface area contributed by atoms with Gasteiger partial charge in [0.05, 0.1) is 0 Å². The van der Waals surface area contributed by atoms with Gasteiger partial charge in [0.1, 0.15) is 18.0 Å². The van der Waals surface area contributed by atoms with Gasteiger partial charge in [-0.3, -0.25) is 0 Å². The molecule has 1 aromatic heterocycles. The van der Waals surface area contributed by atoms with Crippen molar-refractivity contribution >= 4 is 11.6 Å². The Labute approximate surface area is 96.9 Å². The van der Waals surface area contributed by atoms with Crippen LogP contribution in [0.25, 0.3) is 0 Å². The van der Waals surface area contributed by atoms with Crippen LogP contribution in [0, 0.1) is 0 Å². The number of nitrogens with two attached hydrogens (primary N) is 1. The molecule has 0 unspecified atom stereocenters. The first-order valence-corrected chi connectivity index (χ1v) is 6.06. The Balaban J connectivity index is 2.27. The average Bonchev–Trinajstić information content (AvgIpc) is 2.81. The highest BCUT2D eigenvalue weighted by Gasteiger charge is 2.22. The fourth-order valence-electron chi connectivity index (χ4n) is 2.52. The maximum absolute atomic E-state index is 5.89. The molecule has 1 aliphatic rings. The van der Waals surface area contributed by atoms with Crippen LogP contribution in [0.5, 0.6) is 0 Å². The van der Waals surface area contributed by atoms with E-state index in [1.165, 1.54) is 25.7 Å². The summed E-state index contributed by atoms with van der Waals surface area (Å²) < 4.78 is 0. The van der Waals surface area contributed by atoms with Crippen molar-refractivity contribution in [2.24, 2.45) is 0 Å². The molecule has 0 bridgehead atoms. The first-order chi connectivity index (χ1) is 7.74. The minimum atomic E-state index is 0.623. The smallest absolute Gasteiger partial charge is 0.137 e. The van der Waals surface area contributed by atoms with Gasteiger partial charge in [0, 0.05) is 18.7 Å². The summed E-state index contributed by atoms with van der Waals surface area (Å²) in [6.07, 6.45) is 7.65. The second-order valence-electron chi connectivity index (χ2n) is 4.46. The van der Waals surface area contributed by atoms with Crippen molar-refractivity contribution < 1.29 is 0 Å². The Morgan fingerprint density at radius 3 is 2.69 bits per heavy atom. The zero-order chi connectivity index (χ0) is 11.5. The van der Waals surface area contributed by atoms with E-state index in [2.05, 4.69) is 28.8 Å². The van der Waals surface area contributed by atoms with Crippen molar-refractivity contribution in [2.75, 3.05) is 17.7 Å². The van der Waals surface area contributed by atoms with Gasteiger partial charge in [-0.15, -0.1) is 0 Å². The van der Waals surface area contributed by atoms with Crippen LogP contribution in [0.4, 0.5) is 11.6 Å². The number of hydrogen-bond acceptors (Lipinski definition) is 4. The summed E-state index contributed by atoms with van der Waals surface area (Å²) in [5.74, 6) is 1.64. The van der Waals surface area contributed by atoms with Crippen molar-refractivity contribution in [3.63, 3.8) is 0 Å². The van der Waals surface area contributed by atoms with Crippen LogP contribution in [0.1, 0.15) is 38.2 Å². The predicted octanol–water partition coefficient (Wildman–Crippen LogP) is 2.00. The molecule has 0 amide bonds. The number of aromatic nitrogens is 2. The number of nitrogens with zero attached hydrogens (tertiary/aromatic N) is 3. The summed E-state index contributed by atoms with van der Waals surface area (Å²) in [4.78, 5) is 10.7. The second kappa shape index (κ2) is 4.68. The molecule has 1 aliphatic carbocycles. The van der Waals surface area contributed by atoms with Gasteiger partial charge >= 0.3 is 0 Å². The Morgan fingerprint density at radius 2 is 2.06 bits per heavy atom. The minimum absolute atomic E-state index is 0.623. The van der Waals surface area contributed by atoms with Crippen molar-refractivity contribution in [3.05, 3.63) is 11.9 Å². The molecule has 0 saturated heterocycles. The van der Waals surface area contributed by atoms with Gasteiger partial charge in [-0.1, -0.05) is 19.8 Å². The molecule has 1 aromatic rings. The molecule has 1 heterocycles. The third kappa shape index (κ3) is 1.96. The lowest BCUT2D eigenvalue weighted by atomic mass is 10.1. The molecular formula is C12H20N4. The fraction of sp³-hybridized carbons (Fsp3) is 0.667. The van der Waals surface area contributed by atoms with Gasteiger partial charge in [-0.2, -0.15) is 0 Å². The van der Waals surface area contributed by atoms with Crippen LogP contribution in [0.2, 0.25) is 0 Å². The molecule has 88 valence electrons. The Bertz CT molecular complexity index is 358. The van der Waals surface area contributed by atoms with Gasteiger partial charge in [0.15, 0.2) is 0 Å². The lowest BCUT2D eigenvalue weighted by Gasteiger charge is -2.27. The van der Waals surface area contributed by atoms with E-state index >= 15 is 0 Å². The summed E-state index contributed by atoms with van der Waals surface area (Å²) in [7, 11) is 2.12. The molecule has 0 radical (unpaired) electrons. The predicted molar refractivity (Wildman–Crippen MR) is 66.5 cm³/mol. The first kappa shape index (κ1) is 11.2. The molecule has 0 aliphatic heterocycles. The van der Waals surface area contributed by atoms with Crippen molar-refractivity contribution in [1.82, 2.24) is 9.97 Å². The lowest BCUT2D eigenvalue weighted by molar-refractivity contribution is 0.643. The zero-order valence-electron chi connectivity index (χ0n) is 10.1. The summed E-state index contributed by atoms with van der Waals surface area (Å²) in [5, 5.41) is 0. The number of rotatable bonds is 3. The third-order valence-electron chi connectivity index (χ3n) is 3.52. The molecule has 0 atom stereocenters. The van der Waals surface area contributed by atoms with Crippen molar-refractivity contribution in [3.8, 4) is 0 Å². The molecule has 0 spiro atoms. The van der Waals surface area contributed by atoms with Crippen LogP contribution in [-0.2, 0) is 6.42 Å². The van der Waals surface area contributed by atoms with Crippen LogP contribution >= 0.6 is 0 Å². The van der Waals surface area contributed by atoms with E-state index in [0.717, 1.165) is 17.8 Å². The van der Waals surface area contributed by atoms with E-state index in [1.54, 1.807) is 6.33 Å². The molecule has 16 heavy (non-hydrogen) atoms. The van der Waals surface area contributed by atoms with Gasteiger partial charge in [0.2, 0.25) is 0 Å². The molecule has 1 fully saturated rings. The maximum Gasteiger partial charge on any atom is 0.137 e. The molecular weight excluding hydrogens is 200 g/mol. The normalized spacial score (nSPS) is 16.6. The van der Waals surface area contributed by atoms with E-state index in [1.807, 2.05) is 0 Å². The quantitative estimate of drug-likeness (QED) is 0.846. The van der Waals surface area contributed by atoms with E-state index in [9.17, 15) is 0 Å². The first-order valence-electron chi connectivity index (χ1n) is 6.06. The summed E-state index contributed by atoms with van der Waals surface area (Å²) in [6, 6.07) is 0.625. The van der Waals surface area contributed by atoms with Crippen molar-refractivity contribution in [2.45, 2.75) is 45.1 Å². The monoisotopic (exact) mass is 220 g/mol. The number of nitrogen functional groups attached to an aromatic ring is 1. The molecule has 4 nitrogen and oxygen atoms in total. The van der Waals surface area contributed by atoms with Crippen LogP contribution in [0.15, 0.2) is 6.33 Å². The van der Waals surface area contributed by atoms with Crippen LogP contribution < -0.4 is 10.6 Å². The molecule has 4 heteroatoms. The lowest BCUT2D eigenvalue weighted by Crippen LogP contribution is -2.30. The summed E-state index contributed by atoms with van der Waals surface area (Å²) >= 11 is 0. The average molecular weight is 220 g/mol. The van der Waals surface area contributed by atoms with E-state index in [0.29, 0.717) is 11.9 Å². The van der Waals surface area contributed by atoms with Crippen molar-refractivity contribution in [1.29, 1.82) is 0 Å². The Morgan fingerprint density at radius 1 is 1.38 bits per heavy atom. The molecule has 2 N–H and O–H groups in total. The Kier molecular flexibility index (Phi) is 3.27. The SMILES string of the molecule is CCc1c(N)ncnc1N(C)C1CCCC1. The maximum atomic E-state index is 5.89. The fourth-order valence-corrected chi connectivity index (χ4v) is 2.52. The standard InChI is InChI=1S/C12H20N4/c1-3-10-11(13)14-8-15-12(10)16(2)9-6-4-5-7-9/h8-9H,3-7H2,1-2H3,(H2,13,14,15). The van der Waals surface area contributed by atoms with Crippen LogP contribution in [0.3, 0.4) is 0 Å². The zero-order valence-corrected chi connectivity index (χ0v) is 10.1. The highest BCUT2D eigenvalue weighted by molar-refractivity contribution is 5.56. The summed E-state index contributed by atoms with van der Waals surface area (Å²) in [5.41, 5.74) is 6.97. The highest BCUT2D eigenvalue weighted by atomic mass is 15.2. The topological polar surface area (TPSA) is 55.0 Å². The van der Waals surface area contributed by atoms with Gasteiger partial charge in [-0.05, 0) is 19.3 Å². The largest absolute Gasteiger partial charge is 0.383 e. The molecule has 2 rings (SSSR count). The molecule has 0 aromatic carbocycles. The third-order valence-corrected chi connectivity index (χ3v) is 3.52.